The Kier molecular flexibility index (Phi) is 24.8. The van der Waals surface area contributed by atoms with Crippen molar-refractivity contribution >= 4 is 17.7 Å². The SMILES string of the molecule is C=C(C)N=C/C(=C\C)CC.C=C/C(C)=C(\C=C(/C)c1ccc(C(=O)N2CCC2)cc1C(F)(F)F)N=NC.CC.CCCC(C)CCC. The molecule has 0 N–H and O–H groups in total. The number of carbonyl (C=O) groups is 1. The Balaban J connectivity index is 0. The molecule has 1 aliphatic rings. The van der Waals surface area contributed by atoms with E-state index in [1.165, 1.54) is 61.4 Å². The number of rotatable bonds is 12. The van der Waals surface area contributed by atoms with Crippen molar-refractivity contribution in [2.75, 3.05) is 20.1 Å². The molecule has 1 aromatic rings. The summed E-state index contributed by atoms with van der Waals surface area (Å²) in [4.78, 5) is 17.9. The van der Waals surface area contributed by atoms with Gasteiger partial charge in [0.15, 0.2) is 0 Å². The second-order valence-corrected chi connectivity index (χ2v) is 11.2. The Morgan fingerprint density at radius 2 is 1.64 bits per heavy atom. The van der Waals surface area contributed by atoms with Crippen LogP contribution < -0.4 is 0 Å². The molecule has 1 aromatic carbocycles. The minimum atomic E-state index is -4.58. The number of hydrogen-bond donors (Lipinski definition) is 0. The van der Waals surface area contributed by atoms with Crippen LogP contribution in [0.3, 0.4) is 0 Å². The fourth-order valence-electron chi connectivity index (χ4n) is 4.37. The molecule has 1 amide bonds. The molecular weight excluding hydrogens is 597 g/mol. The zero-order chi connectivity index (χ0) is 36.6. The average Bonchev–Trinajstić information content (AvgIpc) is 3.01. The molecule has 8 heteroatoms. The lowest BCUT2D eigenvalue weighted by molar-refractivity contribution is -0.137. The maximum absolute atomic E-state index is 13.6. The van der Waals surface area contributed by atoms with Gasteiger partial charge in [0.1, 0.15) is 0 Å². The van der Waals surface area contributed by atoms with Gasteiger partial charge in [0.2, 0.25) is 0 Å². The van der Waals surface area contributed by atoms with E-state index in [0.29, 0.717) is 29.9 Å². The Hall–Kier alpha value is -3.55. The first kappa shape index (κ1) is 45.6. The van der Waals surface area contributed by atoms with Gasteiger partial charge in [-0.3, -0.25) is 9.79 Å². The summed E-state index contributed by atoms with van der Waals surface area (Å²) in [5.74, 6) is 0.591. The van der Waals surface area contributed by atoms with Crippen LogP contribution in [0.1, 0.15) is 129 Å². The van der Waals surface area contributed by atoms with Crippen LogP contribution in [0.5, 0.6) is 0 Å². The van der Waals surface area contributed by atoms with Crippen LogP contribution in [0.4, 0.5) is 13.2 Å². The number of benzene rings is 1. The molecule has 0 aliphatic carbocycles. The van der Waals surface area contributed by atoms with Gasteiger partial charge in [0.05, 0.1) is 11.3 Å². The minimum Gasteiger partial charge on any atom is -0.339 e. The monoisotopic (exact) mass is 658 g/mol. The van der Waals surface area contributed by atoms with E-state index in [0.717, 1.165) is 30.5 Å². The lowest BCUT2D eigenvalue weighted by atomic mass is 9.96. The Morgan fingerprint density at radius 3 is 2.02 bits per heavy atom. The first-order chi connectivity index (χ1) is 22.2. The van der Waals surface area contributed by atoms with Crippen LogP contribution in [0.15, 0.2) is 87.3 Å². The topological polar surface area (TPSA) is 57.4 Å². The van der Waals surface area contributed by atoms with E-state index < -0.39 is 11.7 Å². The van der Waals surface area contributed by atoms with Crippen molar-refractivity contribution in [1.29, 1.82) is 0 Å². The highest BCUT2D eigenvalue weighted by Crippen LogP contribution is 2.36. The van der Waals surface area contributed by atoms with Gasteiger partial charge in [-0.1, -0.05) is 98.6 Å². The van der Waals surface area contributed by atoms with E-state index in [1.54, 1.807) is 19.9 Å². The van der Waals surface area contributed by atoms with Crippen LogP contribution in [0, 0.1) is 5.92 Å². The minimum absolute atomic E-state index is 0.00308. The van der Waals surface area contributed by atoms with Crippen molar-refractivity contribution in [3.8, 4) is 0 Å². The molecule has 5 nitrogen and oxygen atoms in total. The highest BCUT2D eigenvalue weighted by molar-refractivity contribution is 5.95. The van der Waals surface area contributed by atoms with Crippen LogP contribution in [0.2, 0.25) is 0 Å². The molecule has 0 atom stereocenters. The van der Waals surface area contributed by atoms with Gasteiger partial charge in [-0.05, 0) is 86.9 Å². The van der Waals surface area contributed by atoms with Crippen molar-refractivity contribution in [1.82, 2.24) is 4.90 Å². The average molecular weight is 659 g/mol. The van der Waals surface area contributed by atoms with Crippen molar-refractivity contribution in [2.45, 2.75) is 114 Å². The summed E-state index contributed by atoms with van der Waals surface area (Å²) < 4.78 is 40.9. The Bertz CT molecular complexity index is 1240. The number of likely N-dealkylation sites (tertiary alicyclic amines) is 1. The van der Waals surface area contributed by atoms with Gasteiger partial charge < -0.3 is 4.90 Å². The lowest BCUT2D eigenvalue weighted by Crippen LogP contribution is -2.42. The van der Waals surface area contributed by atoms with E-state index in [1.807, 2.05) is 33.9 Å². The van der Waals surface area contributed by atoms with Gasteiger partial charge in [-0.25, -0.2) is 0 Å². The smallest absolute Gasteiger partial charge is 0.339 e. The maximum atomic E-state index is 13.6. The number of amides is 1. The van der Waals surface area contributed by atoms with Crippen molar-refractivity contribution in [2.24, 2.45) is 21.1 Å². The third-order valence-electron chi connectivity index (χ3n) is 7.20. The molecule has 0 spiro atoms. The Morgan fingerprint density at radius 1 is 1.06 bits per heavy atom. The molecule has 0 saturated carbocycles. The molecule has 1 saturated heterocycles. The first-order valence-electron chi connectivity index (χ1n) is 16.9. The summed E-state index contributed by atoms with van der Waals surface area (Å²) in [6, 6.07) is 3.71. The molecule has 0 bridgehead atoms. The third-order valence-corrected chi connectivity index (χ3v) is 7.20. The van der Waals surface area contributed by atoms with Crippen LogP contribution >= 0.6 is 0 Å². The van der Waals surface area contributed by atoms with E-state index in [9.17, 15) is 18.0 Å². The molecule has 0 aromatic heterocycles. The molecule has 47 heavy (non-hydrogen) atoms. The highest BCUT2D eigenvalue weighted by atomic mass is 19.4. The van der Waals surface area contributed by atoms with Gasteiger partial charge >= 0.3 is 6.18 Å². The summed E-state index contributed by atoms with van der Waals surface area (Å²) in [5, 5.41) is 7.65. The largest absolute Gasteiger partial charge is 0.417 e. The standard InChI is InChI=1S/C20H22F3N3O.C9H15N.C8H18.C2H6/c1-5-13(2)18(25-24-4)11-14(3)16-8-7-15(12-17(16)20(21,22)23)19(27)26-9-6-10-26;1-5-9(6-2)7-10-8(3)4;1-4-6-8(3)7-5-2;1-2/h5,7-8,11-12H,1,6,9-10H2,2-4H3;5,7H,3,6H2,1-2,4H3;8H,4-7H2,1-3H3;1-2H3/b14-11+,18-13+,25-24?;9-5-,10-7?;;. The number of halogens is 3. The molecule has 1 aliphatic heterocycles. The fourth-order valence-corrected chi connectivity index (χ4v) is 4.37. The third kappa shape index (κ3) is 18.4. The molecule has 0 unspecified atom stereocenters. The second-order valence-electron chi connectivity index (χ2n) is 11.2. The lowest BCUT2D eigenvalue weighted by Gasteiger charge is -2.31. The quantitative estimate of drug-likeness (QED) is 0.125. The maximum Gasteiger partial charge on any atom is 0.417 e. The summed E-state index contributed by atoms with van der Waals surface area (Å²) in [6.07, 6.45) is 9.87. The number of nitrogens with zero attached hydrogens (tertiary/aromatic N) is 4. The zero-order valence-electron chi connectivity index (χ0n) is 31.0. The normalized spacial score (nSPS) is 13.9. The Labute approximate surface area is 284 Å². The van der Waals surface area contributed by atoms with Crippen molar-refractivity contribution < 1.29 is 18.0 Å². The second kappa shape index (κ2) is 25.5. The van der Waals surface area contributed by atoms with Gasteiger partial charge in [0, 0.05) is 37.6 Å². The molecule has 264 valence electrons. The number of aliphatic imine (C=N–C) groups is 1. The van der Waals surface area contributed by atoms with Gasteiger partial charge in [-0.15, -0.1) is 0 Å². The number of hydrogen-bond acceptors (Lipinski definition) is 4. The summed E-state index contributed by atoms with van der Waals surface area (Å²) in [5.41, 5.74) is 2.81. The molecule has 2 rings (SSSR count). The highest BCUT2D eigenvalue weighted by Gasteiger charge is 2.35. The van der Waals surface area contributed by atoms with E-state index in [2.05, 4.69) is 62.1 Å². The number of azo groups is 1. The number of carbonyl (C=O) groups excluding carboxylic acids is 1. The number of allylic oxidation sites excluding steroid dienone is 7. The summed E-state index contributed by atoms with van der Waals surface area (Å²) >= 11 is 0. The van der Waals surface area contributed by atoms with Crippen LogP contribution in [-0.2, 0) is 6.18 Å². The molecule has 0 radical (unpaired) electrons. The molecule has 1 heterocycles. The predicted molar refractivity (Wildman–Crippen MR) is 197 cm³/mol. The molecular formula is C39H61F3N4O. The zero-order valence-corrected chi connectivity index (χ0v) is 31.0. The van der Waals surface area contributed by atoms with Gasteiger partial charge in [0.25, 0.3) is 5.91 Å². The fraction of sp³-hybridized carbons (Fsp3) is 0.538. The van der Waals surface area contributed by atoms with Crippen LogP contribution in [0.25, 0.3) is 5.57 Å². The summed E-state index contributed by atoms with van der Waals surface area (Å²) in [7, 11) is 1.48. The van der Waals surface area contributed by atoms with Crippen molar-refractivity contribution in [3.05, 3.63) is 88.8 Å². The van der Waals surface area contributed by atoms with E-state index in [4.69, 9.17) is 0 Å². The number of alkyl halides is 3. The molecule has 1 fully saturated rings. The van der Waals surface area contributed by atoms with Crippen LogP contribution in [-0.4, -0.2) is 37.2 Å². The summed E-state index contributed by atoms with van der Waals surface area (Å²) in [6.45, 7) is 28.7. The van der Waals surface area contributed by atoms with Gasteiger partial charge in [-0.2, -0.15) is 23.4 Å². The van der Waals surface area contributed by atoms with E-state index >= 15 is 0 Å². The van der Waals surface area contributed by atoms with Crippen molar-refractivity contribution in [3.63, 3.8) is 0 Å². The predicted octanol–water partition coefficient (Wildman–Crippen LogP) is 12.7. The first-order valence-corrected chi connectivity index (χ1v) is 16.9. The van der Waals surface area contributed by atoms with E-state index in [-0.39, 0.29) is 17.0 Å².